The Bertz CT molecular complexity index is 952. The summed E-state index contributed by atoms with van der Waals surface area (Å²) in [6.45, 7) is 1.12. The number of nitrogens with one attached hydrogen (secondary N) is 1. The Morgan fingerprint density at radius 1 is 1.41 bits per heavy atom. The fraction of sp³-hybridized carbons (Fsp3) is 0.316. The molecule has 0 bridgehead atoms. The SMILES string of the molecule is CN(CCCO)C(=O)c1nc2c(s1)CCOc1cc(-c3cn[nH]c3)ccc1-2. The molecule has 0 saturated heterocycles. The minimum absolute atomic E-state index is 0.0652. The van der Waals surface area contributed by atoms with Gasteiger partial charge in [0.1, 0.15) is 5.75 Å². The van der Waals surface area contributed by atoms with Crippen molar-refractivity contribution in [3.8, 4) is 28.1 Å². The lowest BCUT2D eigenvalue weighted by Crippen LogP contribution is -2.28. The Morgan fingerprint density at radius 3 is 3.07 bits per heavy atom. The third-order valence-electron chi connectivity index (χ3n) is 4.53. The van der Waals surface area contributed by atoms with Gasteiger partial charge in [0.05, 0.1) is 18.5 Å². The van der Waals surface area contributed by atoms with E-state index >= 15 is 0 Å². The van der Waals surface area contributed by atoms with Gasteiger partial charge in [0.15, 0.2) is 5.01 Å². The number of aliphatic hydroxyl groups excluding tert-OH is 1. The average molecular weight is 384 g/mol. The van der Waals surface area contributed by atoms with Crippen LogP contribution in [-0.4, -0.2) is 57.9 Å². The lowest BCUT2D eigenvalue weighted by Gasteiger charge is -2.14. The van der Waals surface area contributed by atoms with Crippen LogP contribution in [0.25, 0.3) is 22.4 Å². The fourth-order valence-electron chi connectivity index (χ4n) is 3.08. The number of rotatable bonds is 5. The van der Waals surface area contributed by atoms with Gasteiger partial charge in [-0.2, -0.15) is 5.10 Å². The van der Waals surface area contributed by atoms with E-state index in [0.717, 1.165) is 39.4 Å². The first-order valence-electron chi connectivity index (χ1n) is 8.80. The van der Waals surface area contributed by atoms with E-state index in [1.165, 1.54) is 11.3 Å². The van der Waals surface area contributed by atoms with E-state index in [0.29, 0.717) is 24.6 Å². The van der Waals surface area contributed by atoms with Crippen LogP contribution in [0.5, 0.6) is 5.75 Å². The number of carbonyl (C=O) groups excluding carboxylic acids is 1. The predicted octanol–water partition coefficient (Wildman–Crippen LogP) is 2.59. The molecule has 0 aliphatic carbocycles. The first kappa shape index (κ1) is 17.7. The molecular formula is C19H20N4O3S. The number of thiazole rings is 1. The van der Waals surface area contributed by atoms with E-state index in [-0.39, 0.29) is 12.5 Å². The van der Waals surface area contributed by atoms with Crippen LogP contribution < -0.4 is 4.74 Å². The van der Waals surface area contributed by atoms with Crippen LogP contribution in [0.4, 0.5) is 0 Å². The maximum atomic E-state index is 12.6. The molecule has 2 N–H and O–H groups in total. The highest BCUT2D eigenvalue weighted by atomic mass is 32.1. The van der Waals surface area contributed by atoms with Crippen molar-refractivity contribution in [2.24, 2.45) is 0 Å². The van der Waals surface area contributed by atoms with Crippen LogP contribution >= 0.6 is 11.3 Å². The van der Waals surface area contributed by atoms with Gasteiger partial charge in [-0.3, -0.25) is 9.89 Å². The summed E-state index contributed by atoms with van der Waals surface area (Å²) in [5.41, 5.74) is 3.74. The Labute approximate surface area is 160 Å². The van der Waals surface area contributed by atoms with E-state index in [2.05, 4.69) is 15.2 Å². The molecule has 7 nitrogen and oxygen atoms in total. The van der Waals surface area contributed by atoms with Gasteiger partial charge >= 0.3 is 0 Å². The van der Waals surface area contributed by atoms with Crippen LogP contribution in [-0.2, 0) is 6.42 Å². The van der Waals surface area contributed by atoms with E-state index in [9.17, 15) is 4.79 Å². The zero-order valence-corrected chi connectivity index (χ0v) is 15.8. The minimum atomic E-state index is -0.112. The van der Waals surface area contributed by atoms with Crippen molar-refractivity contribution >= 4 is 17.2 Å². The van der Waals surface area contributed by atoms with Gasteiger partial charge in [-0.1, -0.05) is 6.07 Å². The Balaban J connectivity index is 1.67. The second-order valence-corrected chi connectivity index (χ2v) is 7.47. The molecule has 2 aromatic heterocycles. The predicted molar refractivity (Wildman–Crippen MR) is 103 cm³/mol. The van der Waals surface area contributed by atoms with Gasteiger partial charge in [-0.05, 0) is 24.1 Å². The Morgan fingerprint density at radius 2 is 2.30 bits per heavy atom. The second-order valence-electron chi connectivity index (χ2n) is 6.39. The number of H-pyrrole nitrogens is 1. The molecule has 3 heterocycles. The average Bonchev–Trinajstić information content (AvgIpc) is 3.33. The first-order valence-corrected chi connectivity index (χ1v) is 9.61. The molecule has 0 atom stereocenters. The summed E-state index contributed by atoms with van der Waals surface area (Å²) < 4.78 is 5.94. The summed E-state index contributed by atoms with van der Waals surface area (Å²) in [6, 6.07) is 5.99. The highest BCUT2D eigenvalue weighted by Gasteiger charge is 2.24. The summed E-state index contributed by atoms with van der Waals surface area (Å²) in [5.74, 6) is 0.657. The number of hydrogen-bond donors (Lipinski definition) is 2. The smallest absolute Gasteiger partial charge is 0.282 e. The van der Waals surface area contributed by atoms with Crippen LogP contribution in [0.2, 0.25) is 0 Å². The van der Waals surface area contributed by atoms with E-state index in [4.69, 9.17) is 9.84 Å². The molecular weight excluding hydrogens is 364 g/mol. The van der Waals surface area contributed by atoms with Crippen LogP contribution in [0, 0.1) is 0 Å². The second kappa shape index (κ2) is 7.50. The molecule has 140 valence electrons. The monoisotopic (exact) mass is 384 g/mol. The summed E-state index contributed by atoms with van der Waals surface area (Å²) in [7, 11) is 1.73. The quantitative estimate of drug-likeness (QED) is 0.706. The fourth-order valence-corrected chi connectivity index (χ4v) is 4.13. The first-order chi connectivity index (χ1) is 13.2. The molecule has 27 heavy (non-hydrogen) atoms. The molecule has 1 aromatic carbocycles. The van der Waals surface area contributed by atoms with Gasteiger partial charge < -0.3 is 14.7 Å². The number of hydrogen-bond acceptors (Lipinski definition) is 6. The Hall–Kier alpha value is -2.71. The van der Waals surface area contributed by atoms with Crippen LogP contribution in [0.1, 0.15) is 21.1 Å². The maximum Gasteiger partial charge on any atom is 0.282 e. The standard InChI is InChI=1S/C19H20N4O3S/c1-23(6-2-7-24)19(25)18-22-17-14-4-3-12(13-10-20-21-11-13)9-15(14)26-8-5-16(17)27-18/h3-4,9-11,24H,2,5-8H2,1H3,(H,20,21). The molecule has 4 rings (SSSR count). The lowest BCUT2D eigenvalue weighted by atomic mass is 10.0. The number of amides is 1. The molecule has 0 radical (unpaired) electrons. The van der Waals surface area contributed by atoms with Crippen molar-refractivity contribution in [2.45, 2.75) is 12.8 Å². The zero-order chi connectivity index (χ0) is 18.8. The van der Waals surface area contributed by atoms with Crippen molar-refractivity contribution in [3.05, 3.63) is 40.5 Å². The van der Waals surface area contributed by atoms with Gasteiger partial charge in [0, 0.05) is 48.8 Å². The normalized spacial score (nSPS) is 12.7. The third-order valence-corrected chi connectivity index (χ3v) is 5.64. The molecule has 0 unspecified atom stereocenters. The van der Waals surface area contributed by atoms with E-state index in [1.54, 1.807) is 18.1 Å². The van der Waals surface area contributed by atoms with Crippen molar-refractivity contribution in [1.29, 1.82) is 0 Å². The molecule has 1 aliphatic rings. The number of aromatic nitrogens is 3. The van der Waals surface area contributed by atoms with Crippen molar-refractivity contribution in [1.82, 2.24) is 20.1 Å². The summed E-state index contributed by atoms with van der Waals surface area (Å²) >= 11 is 1.42. The van der Waals surface area contributed by atoms with Gasteiger partial charge in [0.25, 0.3) is 5.91 Å². The highest BCUT2D eigenvalue weighted by molar-refractivity contribution is 7.14. The number of benzene rings is 1. The number of ether oxygens (including phenoxy) is 1. The summed E-state index contributed by atoms with van der Waals surface area (Å²) in [5, 5.41) is 16.2. The number of aliphatic hydroxyl groups is 1. The molecule has 0 saturated carbocycles. The van der Waals surface area contributed by atoms with Crippen LogP contribution in [0.15, 0.2) is 30.6 Å². The topological polar surface area (TPSA) is 91.3 Å². The van der Waals surface area contributed by atoms with Gasteiger partial charge in [0.2, 0.25) is 0 Å². The molecule has 0 spiro atoms. The lowest BCUT2D eigenvalue weighted by molar-refractivity contribution is 0.0786. The largest absolute Gasteiger partial charge is 0.492 e. The number of fused-ring (bicyclic) bond motifs is 3. The number of carbonyl (C=O) groups is 1. The summed E-state index contributed by atoms with van der Waals surface area (Å²) in [6.07, 6.45) is 4.88. The zero-order valence-electron chi connectivity index (χ0n) is 14.9. The van der Waals surface area contributed by atoms with E-state index < -0.39 is 0 Å². The molecule has 1 amide bonds. The number of aromatic amines is 1. The van der Waals surface area contributed by atoms with Gasteiger partial charge in [-0.25, -0.2) is 4.98 Å². The number of nitrogens with zero attached hydrogens (tertiary/aromatic N) is 3. The van der Waals surface area contributed by atoms with Gasteiger partial charge in [-0.15, -0.1) is 11.3 Å². The van der Waals surface area contributed by atoms with E-state index in [1.807, 2.05) is 24.4 Å². The molecule has 3 aromatic rings. The molecule has 0 fully saturated rings. The maximum absolute atomic E-state index is 12.6. The summed E-state index contributed by atoms with van der Waals surface area (Å²) in [4.78, 5) is 19.9. The third kappa shape index (κ3) is 3.45. The Kier molecular flexibility index (Phi) is 4.91. The van der Waals surface area contributed by atoms with Crippen LogP contribution in [0.3, 0.4) is 0 Å². The van der Waals surface area contributed by atoms with Crippen molar-refractivity contribution < 1.29 is 14.6 Å². The van der Waals surface area contributed by atoms with Crippen molar-refractivity contribution in [3.63, 3.8) is 0 Å². The minimum Gasteiger partial charge on any atom is -0.492 e. The highest BCUT2D eigenvalue weighted by Crippen LogP contribution is 2.39. The molecule has 1 aliphatic heterocycles. The van der Waals surface area contributed by atoms with Crippen molar-refractivity contribution in [2.75, 3.05) is 26.8 Å². The molecule has 8 heteroatoms.